The first-order valence-corrected chi connectivity index (χ1v) is 13.6. The number of rotatable bonds is 10. The molecule has 2 aliphatic heterocycles. The number of aliphatic hydroxyl groups excluding tert-OH is 1. The van der Waals surface area contributed by atoms with Crippen LogP contribution in [-0.2, 0) is 14.4 Å². The summed E-state index contributed by atoms with van der Waals surface area (Å²) in [5, 5.41) is 15.9. The normalized spacial score (nSPS) is 21.3. The van der Waals surface area contributed by atoms with Gasteiger partial charge in [0.05, 0.1) is 13.2 Å². The fraction of sp³-hybridized carbons (Fsp3) is 0.400. The number of methoxy groups -OCH3 is 1. The smallest absolute Gasteiger partial charge is 0.271 e. The lowest BCUT2D eigenvalue weighted by Gasteiger charge is -2.26. The molecule has 4 atom stereocenters. The van der Waals surface area contributed by atoms with Crippen LogP contribution >= 0.6 is 0 Å². The summed E-state index contributed by atoms with van der Waals surface area (Å²) in [5.41, 5.74) is 2.09. The molecule has 210 valence electrons. The summed E-state index contributed by atoms with van der Waals surface area (Å²) in [6.45, 7) is 0.196. The summed E-state index contributed by atoms with van der Waals surface area (Å²) >= 11 is 0. The van der Waals surface area contributed by atoms with Gasteiger partial charge in [-0.2, -0.15) is 0 Å². The molecule has 4 N–H and O–H groups in total. The van der Waals surface area contributed by atoms with Gasteiger partial charge in [0.2, 0.25) is 11.8 Å². The topological polar surface area (TPSA) is 141 Å². The number of hydrogen-bond acceptors (Lipinski definition) is 6. The van der Waals surface area contributed by atoms with Crippen LogP contribution in [0.1, 0.15) is 47.7 Å². The fourth-order valence-corrected chi connectivity index (χ4v) is 5.83. The minimum absolute atomic E-state index is 0.0604. The Labute approximate surface area is 232 Å². The van der Waals surface area contributed by atoms with Gasteiger partial charge in [-0.25, -0.2) is 0 Å². The molecule has 5 rings (SSSR count). The van der Waals surface area contributed by atoms with Crippen LogP contribution in [0.15, 0.2) is 54.6 Å². The van der Waals surface area contributed by atoms with E-state index in [1.807, 2.05) is 48.5 Å². The van der Waals surface area contributed by atoms with Crippen LogP contribution in [0, 0.1) is 5.92 Å². The van der Waals surface area contributed by atoms with Crippen molar-refractivity contribution in [3.8, 4) is 5.75 Å². The molecule has 0 bridgehead atoms. The van der Waals surface area contributed by atoms with Crippen molar-refractivity contribution in [2.45, 2.75) is 43.7 Å². The second-order valence-electron chi connectivity index (χ2n) is 10.5. The number of carbonyl (C=O) groups is 4. The van der Waals surface area contributed by atoms with Crippen LogP contribution in [0.25, 0.3) is 10.9 Å². The third-order valence-electron chi connectivity index (χ3n) is 8.04. The first-order valence-electron chi connectivity index (χ1n) is 13.6. The Morgan fingerprint density at radius 3 is 2.65 bits per heavy atom. The molecule has 0 spiro atoms. The van der Waals surface area contributed by atoms with E-state index >= 15 is 0 Å². The highest BCUT2D eigenvalue weighted by Crippen LogP contribution is 2.34. The lowest BCUT2D eigenvalue weighted by molar-refractivity contribution is -0.131. The highest BCUT2D eigenvalue weighted by molar-refractivity contribution is 6.02. The summed E-state index contributed by atoms with van der Waals surface area (Å²) in [6.07, 6.45) is 1.70. The predicted molar refractivity (Wildman–Crippen MR) is 148 cm³/mol. The van der Waals surface area contributed by atoms with Gasteiger partial charge in [-0.3, -0.25) is 19.2 Å². The van der Waals surface area contributed by atoms with Gasteiger partial charge in [0.25, 0.3) is 5.91 Å². The van der Waals surface area contributed by atoms with Crippen molar-refractivity contribution in [2.24, 2.45) is 5.92 Å². The van der Waals surface area contributed by atoms with Gasteiger partial charge in [0.15, 0.2) is 5.78 Å². The van der Waals surface area contributed by atoms with Gasteiger partial charge in [-0.15, -0.1) is 0 Å². The van der Waals surface area contributed by atoms with Crippen LogP contribution in [-0.4, -0.2) is 77.4 Å². The SMILES string of the molecule is COc1cccc2[nH]c(C(=O)N3C[C@H](c4ccccc4)C[C@H]3C(=O)N[C@@H](CC[C@@H]3CCNC3=O)C(=O)CO)cc12. The molecule has 2 fully saturated rings. The van der Waals surface area contributed by atoms with E-state index in [1.54, 1.807) is 18.1 Å². The number of carbonyl (C=O) groups excluding carboxylic acids is 4. The summed E-state index contributed by atoms with van der Waals surface area (Å²) in [7, 11) is 1.57. The highest BCUT2D eigenvalue weighted by atomic mass is 16.5. The number of aromatic amines is 1. The van der Waals surface area contributed by atoms with Gasteiger partial charge in [0.1, 0.15) is 24.1 Å². The van der Waals surface area contributed by atoms with Crippen LogP contribution in [0.3, 0.4) is 0 Å². The number of fused-ring (bicyclic) bond motifs is 1. The number of nitrogens with zero attached hydrogens (tertiary/aromatic N) is 1. The molecule has 1 aromatic heterocycles. The van der Waals surface area contributed by atoms with Crippen molar-refractivity contribution in [2.75, 3.05) is 26.8 Å². The molecule has 3 amide bonds. The Bertz CT molecular complexity index is 1400. The Morgan fingerprint density at radius 1 is 1.15 bits per heavy atom. The van der Waals surface area contributed by atoms with Crippen molar-refractivity contribution in [3.05, 3.63) is 65.9 Å². The number of ketones is 1. The number of nitrogens with one attached hydrogen (secondary N) is 3. The van der Waals surface area contributed by atoms with Gasteiger partial charge >= 0.3 is 0 Å². The zero-order valence-electron chi connectivity index (χ0n) is 22.4. The summed E-state index contributed by atoms with van der Waals surface area (Å²) in [5.74, 6) is -1.04. The molecule has 2 aliphatic rings. The molecule has 10 nitrogen and oxygen atoms in total. The van der Waals surface area contributed by atoms with E-state index in [0.717, 1.165) is 16.5 Å². The fourth-order valence-electron chi connectivity index (χ4n) is 5.83. The Kier molecular flexibility index (Phi) is 8.16. The third kappa shape index (κ3) is 5.58. The molecule has 10 heteroatoms. The molecular formula is C30H34N4O6. The van der Waals surface area contributed by atoms with Gasteiger partial charge in [-0.1, -0.05) is 36.4 Å². The van der Waals surface area contributed by atoms with Gasteiger partial charge in [-0.05, 0) is 49.4 Å². The van der Waals surface area contributed by atoms with Gasteiger partial charge < -0.3 is 30.4 Å². The average Bonchev–Trinajstić information content (AvgIpc) is 3.73. The van der Waals surface area contributed by atoms with Crippen molar-refractivity contribution in [1.82, 2.24) is 20.5 Å². The van der Waals surface area contributed by atoms with Crippen LogP contribution < -0.4 is 15.4 Å². The molecular weight excluding hydrogens is 512 g/mol. The number of H-pyrrole nitrogens is 1. The van der Waals surface area contributed by atoms with Crippen LogP contribution in [0.4, 0.5) is 0 Å². The number of likely N-dealkylation sites (tertiary alicyclic amines) is 1. The second kappa shape index (κ2) is 11.9. The number of hydrogen-bond donors (Lipinski definition) is 4. The Morgan fingerprint density at radius 2 is 1.95 bits per heavy atom. The van der Waals surface area contributed by atoms with E-state index in [1.165, 1.54) is 0 Å². The third-order valence-corrected chi connectivity index (χ3v) is 8.04. The lowest BCUT2D eigenvalue weighted by atomic mass is 9.95. The monoisotopic (exact) mass is 546 g/mol. The van der Waals surface area contributed by atoms with Gasteiger partial charge in [0, 0.05) is 35.8 Å². The number of amides is 3. The highest BCUT2D eigenvalue weighted by Gasteiger charge is 2.42. The van der Waals surface area contributed by atoms with Crippen molar-refractivity contribution in [1.29, 1.82) is 0 Å². The van der Waals surface area contributed by atoms with E-state index in [9.17, 15) is 24.3 Å². The first kappa shape index (κ1) is 27.4. The predicted octanol–water partition coefficient (Wildman–Crippen LogP) is 2.14. The largest absolute Gasteiger partial charge is 0.496 e. The zero-order chi connectivity index (χ0) is 28.2. The number of benzene rings is 2. The van der Waals surface area contributed by atoms with Crippen molar-refractivity contribution < 1.29 is 29.0 Å². The van der Waals surface area contributed by atoms with E-state index in [0.29, 0.717) is 43.8 Å². The standard InChI is InChI=1S/C30H34N4O6/c1-40-27-9-5-8-22-21(27)15-24(32-22)30(39)34-16-20(18-6-3-2-4-7-18)14-25(34)29(38)33-23(26(36)17-35)11-10-19-12-13-31-28(19)37/h2-9,15,19-20,23,25,32,35H,10-14,16-17H2,1H3,(H,31,37)(H,33,38)/t19-,20-,23+,25+/m1/s1. The van der Waals surface area contributed by atoms with E-state index < -0.39 is 30.4 Å². The lowest BCUT2D eigenvalue weighted by Crippen LogP contribution is -2.51. The molecule has 0 unspecified atom stereocenters. The van der Waals surface area contributed by atoms with Crippen molar-refractivity contribution >= 4 is 34.4 Å². The van der Waals surface area contributed by atoms with Crippen LogP contribution in [0.2, 0.25) is 0 Å². The molecule has 0 saturated carbocycles. The molecule has 0 radical (unpaired) electrons. The summed E-state index contributed by atoms with van der Waals surface area (Å²) in [6, 6.07) is 15.2. The van der Waals surface area contributed by atoms with Crippen molar-refractivity contribution in [3.63, 3.8) is 0 Å². The number of aromatic nitrogens is 1. The molecule has 3 heterocycles. The maximum Gasteiger partial charge on any atom is 0.271 e. The molecule has 2 saturated heterocycles. The van der Waals surface area contributed by atoms with E-state index in [4.69, 9.17) is 4.74 Å². The minimum Gasteiger partial charge on any atom is -0.496 e. The molecule has 0 aliphatic carbocycles. The average molecular weight is 547 g/mol. The number of aliphatic hydroxyl groups is 1. The zero-order valence-corrected chi connectivity index (χ0v) is 22.4. The summed E-state index contributed by atoms with van der Waals surface area (Å²) < 4.78 is 5.44. The number of Topliss-reactive ketones (excluding diaryl/α,β-unsaturated/α-hetero) is 1. The Hall–Kier alpha value is -4.18. The molecule has 40 heavy (non-hydrogen) atoms. The van der Waals surface area contributed by atoms with Crippen LogP contribution in [0.5, 0.6) is 5.75 Å². The summed E-state index contributed by atoms with van der Waals surface area (Å²) in [4.78, 5) is 56.8. The maximum absolute atomic E-state index is 13.8. The molecule has 3 aromatic rings. The van der Waals surface area contributed by atoms with E-state index in [-0.39, 0.29) is 30.1 Å². The Balaban J connectivity index is 1.39. The molecule has 2 aromatic carbocycles. The first-order chi connectivity index (χ1) is 19.4. The van der Waals surface area contributed by atoms with E-state index in [2.05, 4.69) is 15.6 Å². The maximum atomic E-state index is 13.8. The number of ether oxygens (including phenoxy) is 1. The second-order valence-corrected chi connectivity index (χ2v) is 10.5. The minimum atomic E-state index is -0.948. The quantitative estimate of drug-likeness (QED) is 0.307.